The second kappa shape index (κ2) is 6.68. The number of nitrogens with one attached hydrogen (secondary N) is 2. The number of piperidine rings is 1. The first-order valence-electron chi connectivity index (χ1n) is 10.0. The van der Waals surface area contributed by atoms with Crippen LogP contribution in [0.2, 0.25) is 0 Å². The van der Waals surface area contributed by atoms with E-state index in [9.17, 15) is 13.6 Å². The van der Waals surface area contributed by atoms with Gasteiger partial charge in [-0.25, -0.2) is 18.7 Å². The summed E-state index contributed by atoms with van der Waals surface area (Å²) >= 11 is 0. The van der Waals surface area contributed by atoms with E-state index in [1.54, 1.807) is 30.7 Å². The second-order valence-corrected chi connectivity index (χ2v) is 8.14. The van der Waals surface area contributed by atoms with Gasteiger partial charge in [-0.05, 0) is 24.8 Å². The molecule has 0 bridgehead atoms. The van der Waals surface area contributed by atoms with E-state index in [-0.39, 0.29) is 22.9 Å². The van der Waals surface area contributed by atoms with Gasteiger partial charge in [0.25, 0.3) is 5.92 Å². The van der Waals surface area contributed by atoms with Gasteiger partial charge in [-0.3, -0.25) is 9.78 Å². The zero-order chi connectivity index (χ0) is 20.9. The van der Waals surface area contributed by atoms with Crippen molar-refractivity contribution >= 4 is 22.8 Å². The molecule has 1 aliphatic carbocycles. The molecule has 8 heteroatoms. The standard InChI is InChI=1S/C22H21F2N5O/c1-21(23,24)14-4-2-13(3-5-14)15-12-28-19(18-17(15)25-10-11-26-18)29-16-6-9-27-20(30)22(16)7-8-22/h2-5,10-12,16H,6-9H2,1H3,(H,27,30)(H,28,29)/t16-/m0/s1. The maximum atomic E-state index is 13.5. The van der Waals surface area contributed by atoms with Crippen LogP contribution in [0.15, 0.2) is 42.9 Å². The highest BCUT2D eigenvalue weighted by molar-refractivity contribution is 5.97. The van der Waals surface area contributed by atoms with E-state index >= 15 is 0 Å². The fraction of sp³-hybridized carbons (Fsp3) is 0.364. The van der Waals surface area contributed by atoms with Gasteiger partial charge in [0.15, 0.2) is 5.82 Å². The predicted molar refractivity (Wildman–Crippen MR) is 109 cm³/mol. The first-order chi connectivity index (χ1) is 14.4. The van der Waals surface area contributed by atoms with E-state index in [1.807, 2.05) is 0 Å². The van der Waals surface area contributed by atoms with Crippen molar-refractivity contribution in [2.75, 3.05) is 11.9 Å². The number of alkyl halides is 2. The molecule has 1 aliphatic heterocycles. The summed E-state index contributed by atoms with van der Waals surface area (Å²) in [7, 11) is 0. The molecule has 1 amide bonds. The fourth-order valence-corrected chi connectivity index (χ4v) is 4.25. The van der Waals surface area contributed by atoms with Crippen molar-refractivity contribution in [3.8, 4) is 11.1 Å². The molecule has 2 aromatic heterocycles. The molecular formula is C22H21F2N5O. The van der Waals surface area contributed by atoms with Crippen LogP contribution in [0.25, 0.3) is 22.2 Å². The molecule has 1 aromatic carbocycles. The van der Waals surface area contributed by atoms with Gasteiger partial charge < -0.3 is 10.6 Å². The summed E-state index contributed by atoms with van der Waals surface area (Å²) in [6.45, 7) is 1.51. The number of halogens is 2. The number of hydrogen-bond donors (Lipinski definition) is 2. The number of nitrogens with zero attached hydrogens (tertiary/aromatic N) is 3. The number of amides is 1. The van der Waals surface area contributed by atoms with Crippen LogP contribution in [0.3, 0.4) is 0 Å². The van der Waals surface area contributed by atoms with Gasteiger partial charge in [0.1, 0.15) is 11.0 Å². The zero-order valence-electron chi connectivity index (χ0n) is 16.5. The Labute approximate surface area is 172 Å². The lowest BCUT2D eigenvalue weighted by molar-refractivity contribution is -0.128. The van der Waals surface area contributed by atoms with Gasteiger partial charge in [-0.2, -0.15) is 0 Å². The van der Waals surface area contributed by atoms with E-state index in [0.717, 1.165) is 37.3 Å². The summed E-state index contributed by atoms with van der Waals surface area (Å²) in [6.07, 6.45) is 7.44. The van der Waals surface area contributed by atoms with Crippen molar-refractivity contribution in [2.45, 2.75) is 38.2 Å². The molecule has 2 aliphatic rings. The largest absolute Gasteiger partial charge is 0.364 e. The Bertz CT molecular complexity index is 1120. The highest BCUT2D eigenvalue weighted by atomic mass is 19.3. The molecule has 6 nitrogen and oxygen atoms in total. The van der Waals surface area contributed by atoms with Gasteiger partial charge in [0.05, 0.1) is 5.41 Å². The fourth-order valence-electron chi connectivity index (χ4n) is 4.25. The Hall–Kier alpha value is -3.16. The molecule has 1 saturated heterocycles. The molecule has 5 rings (SSSR count). The highest BCUT2D eigenvalue weighted by Crippen LogP contribution is 2.52. The van der Waals surface area contributed by atoms with Gasteiger partial charge in [0, 0.05) is 49.2 Å². The number of rotatable bonds is 4. The van der Waals surface area contributed by atoms with Crippen LogP contribution >= 0.6 is 0 Å². The summed E-state index contributed by atoms with van der Waals surface area (Å²) in [6, 6.07) is 6.13. The van der Waals surface area contributed by atoms with Crippen molar-refractivity contribution < 1.29 is 13.6 Å². The monoisotopic (exact) mass is 409 g/mol. The third-order valence-corrected chi connectivity index (χ3v) is 6.14. The predicted octanol–water partition coefficient (Wildman–Crippen LogP) is 3.88. The normalized spacial score (nSPS) is 20.2. The molecule has 2 N–H and O–H groups in total. The number of benzene rings is 1. The molecule has 3 aromatic rings. The number of fused-ring (bicyclic) bond motifs is 1. The summed E-state index contributed by atoms with van der Waals surface area (Å²) < 4.78 is 27.1. The van der Waals surface area contributed by atoms with Gasteiger partial charge in [0.2, 0.25) is 5.91 Å². The third-order valence-electron chi connectivity index (χ3n) is 6.14. The Morgan fingerprint density at radius 3 is 2.47 bits per heavy atom. The van der Waals surface area contributed by atoms with Crippen LogP contribution in [-0.2, 0) is 10.7 Å². The molecule has 1 spiro atoms. The lowest BCUT2D eigenvalue weighted by atomic mass is 9.89. The molecule has 0 radical (unpaired) electrons. The minimum atomic E-state index is -2.89. The van der Waals surface area contributed by atoms with E-state index in [0.29, 0.717) is 23.4 Å². The summed E-state index contributed by atoms with van der Waals surface area (Å²) in [5, 5.41) is 6.39. The number of carbonyl (C=O) groups excluding carboxylic acids is 1. The van der Waals surface area contributed by atoms with E-state index in [1.165, 1.54) is 12.1 Å². The molecule has 1 atom stereocenters. The van der Waals surface area contributed by atoms with E-state index in [2.05, 4.69) is 25.6 Å². The maximum Gasteiger partial charge on any atom is 0.270 e. The molecule has 0 unspecified atom stereocenters. The molecule has 30 heavy (non-hydrogen) atoms. The van der Waals surface area contributed by atoms with Crippen LogP contribution in [0.1, 0.15) is 31.7 Å². The van der Waals surface area contributed by atoms with Crippen LogP contribution < -0.4 is 10.6 Å². The summed E-state index contributed by atoms with van der Waals surface area (Å²) in [4.78, 5) is 25.8. The van der Waals surface area contributed by atoms with E-state index < -0.39 is 5.92 Å². The zero-order valence-corrected chi connectivity index (χ0v) is 16.5. The van der Waals surface area contributed by atoms with Crippen molar-refractivity contribution in [1.82, 2.24) is 20.3 Å². The maximum absolute atomic E-state index is 13.5. The Balaban J connectivity index is 1.52. The average Bonchev–Trinajstić information content (AvgIpc) is 3.53. The lowest BCUT2D eigenvalue weighted by Crippen LogP contribution is -2.49. The Morgan fingerprint density at radius 2 is 1.80 bits per heavy atom. The first kappa shape index (κ1) is 18.8. The van der Waals surface area contributed by atoms with Crippen LogP contribution in [0.5, 0.6) is 0 Å². The highest BCUT2D eigenvalue weighted by Gasteiger charge is 2.57. The van der Waals surface area contributed by atoms with Crippen LogP contribution in [0.4, 0.5) is 14.6 Å². The van der Waals surface area contributed by atoms with Crippen molar-refractivity contribution in [3.05, 3.63) is 48.4 Å². The van der Waals surface area contributed by atoms with Crippen molar-refractivity contribution in [1.29, 1.82) is 0 Å². The molecule has 154 valence electrons. The molecule has 3 heterocycles. The smallest absolute Gasteiger partial charge is 0.270 e. The quantitative estimate of drug-likeness (QED) is 0.684. The van der Waals surface area contributed by atoms with Crippen molar-refractivity contribution in [2.24, 2.45) is 5.41 Å². The Kier molecular flexibility index (Phi) is 4.20. The van der Waals surface area contributed by atoms with Gasteiger partial charge in [-0.15, -0.1) is 0 Å². The number of pyridine rings is 1. The van der Waals surface area contributed by atoms with Gasteiger partial charge >= 0.3 is 0 Å². The SMILES string of the molecule is CC(F)(F)c1ccc(-c2cnc(N[C@H]3CCNC(=O)C34CC4)c3nccnc23)cc1. The minimum Gasteiger partial charge on any atom is -0.364 e. The molecule has 2 fully saturated rings. The number of aromatic nitrogens is 3. The van der Waals surface area contributed by atoms with Crippen molar-refractivity contribution in [3.63, 3.8) is 0 Å². The van der Waals surface area contributed by atoms with Crippen LogP contribution in [0, 0.1) is 5.41 Å². The lowest BCUT2D eigenvalue weighted by Gasteiger charge is -2.32. The Morgan fingerprint density at radius 1 is 1.10 bits per heavy atom. The summed E-state index contributed by atoms with van der Waals surface area (Å²) in [5.74, 6) is -2.20. The molecular weight excluding hydrogens is 388 g/mol. The number of anilines is 1. The topological polar surface area (TPSA) is 79.8 Å². The second-order valence-electron chi connectivity index (χ2n) is 8.14. The number of hydrogen-bond acceptors (Lipinski definition) is 5. The third kappa shape index (κ3) is 3.07. The minimum absolute atomic E-state index is 0.000810. The first-order valence-corrected chi connectivity index (χ1v) is 10.0. The van der Waals surface area contributed by atoms with Crippen LogP contribution in [-0.4, -0.2) is 33.4 Å². The molecule has 1 saturated carbocycles. The number of carbonyl (C=O) groups is 1. The van der Waals surface area contributed by atoms with Gasteiger partial charge in [-0.1, -0.05) is 24.3 Å². The summed E-state index contributed by atoms with van der Waals surface area (Å²) in [5.41, 5.74) is 2.30. The van der Waals surface area contributed by atoms with E-state index in [4.69, 9.17) is 0 Å². The average molecular weight is 409 g/mol.